The summed E-state index contributed by atoms with van der Waals surface area (Å²) in [5.41, 5.74) is 1.78. The van der Waals surface area contributed by atoms with Gasteiger partial charge < -0.3 is 14.7 Å². The molecular weight excluding hydrogens is 356 g/mol. The van der Waals surface area contributed by atoms with E-state index in [0.29, 0.717) is 44.0 Å². The number of carboxylic acids is 1. The van der Waals surface area contributed by atoms with Crippen molar-refractivity contribution in [3.63, 3.8) is 0 Å². The van der Waals surface area contributed by atoms with Crippen LogP contribution in [0.4, 0.5) is 0 Å². The van der Waals surface area contributed by atoms with Crippen LogP contribution in [0.1, 0.15) is 48.5 Å². The van der Waals surface area contributed by atoms with Gasteiger partial charge in [-0.2, -0.15) is 0 Å². The Morgan fingerprint density at radius 2 is 1.82 bits per heavy atom. The first-order chi connectivity index (χ1) is 13.6. The second-order valence-electron chi connectivity index (χ2n) is 6.55. The van der Waals surface area contributed by atoms with Gasteiger partial charge in [0.1, 0.15) is 0 Å². The van der Waals surface area contributed by atoms with Crippen LogP contribution in [-0.2, 0) is 11.2 Å². The molecule has 2 rings (SSSR count). The summed E-state index contributed by atoms with van der Waals surface area (Å²) in [5.74, 6) is -0.451. The van der Waals surface area contributed by atoms with Gasteiger partial charge in [0.15, 0.2) is 0 Å². The summed E-state index contributed by atoms with van der Waals surface area (Å²) in [7, 11) is 0. The minimum Gasteiger partial charge on any atom is -0.481 e. The SMILES string of the molecule is CCOc1cc(C(=O)N(CCCCC(=O)O)CCCc2ccccc2)ccn1. The van der Waals surface area contributed by atoms with Crippen molar-refractivity contribution in [2.75, 3.05) is 19.7 Å². The molecule has 0 aliphatic rings. The first kappa shape index (κ1) is 21.4. The Labute approximate surface area is 166 Å². The molecule has 1 N–H and O–H groups in total. The highest BCUT2D eigenvalue weighted by Crippen LogP contribution is 2.14. The van der Waals surface area contributed by atoms with Crippen LogP contribution in [0.2, 0.25) is 0 Å². The molecule has 150 valence electrons. The van der Waals surface area contributed by atoms with Crippen LogP contribution in [-0.4, -0.2) is 46.6 Å². The fourth-order valence-electron chi connectivity index (χ4n) is 2.96. The number of hydrogen-bond donors (Lipinski definition) is 1. The van der Waals surface area contributed by atoms with E-state index >= 15 is 0 Å². The molecule has 0 unspecified atom stereocenters. The number of aromatic nitrogens is 1. The summed E-state index contributed by atoms with van der Waals surface area (Å²) >= 11 is 0. The summed E-state index contributed by atoms with van der Waals surface area (Å²) in [6.45, 7) is 3.51. The largest absolute Gasteiger partial charge is 0.481 e. The van der Waals surface area contributed by atoms with E-state index in [9.17, 15) is 9.59 Å². The number of benzene rings is 1. The molecule has 0 radical (unpaired) electrons. The van der Waals surface area contributed by atoms with E-state index in [-0.39, 0.29) is 12.3 Å². The molecule has 0 saturated carbocycles. The third-order valence-corrected chi connectivity index (χ3v) is 4.37. The maximum atomic E-state index is 13.0. The number of pyridine rings is 1. The van der Waals surface area contributed by atoms with Crippen LogP contribution in [0.25, 0.3) is 0 Å². The summed E-state index contributed by atoms with van der Waals surface area (Å²) in [6.07, 6.45) is 4.64. The van der Waals surface area contributed by atoms with Crippen LogP contribution in [0.15, 0.2) is 48.7 Å². The Bertz CT molecular complexity index is 749. The lowest BCUT2D eigenvalue weighted by atomic mass is 10.1. The second kappa shape index (κ2) is 11.7. The third-order valence-electron chi connectivity index (χ3n) is 4.37. The summed E-state index contributed by atoms with van der Waals surface area (Å²) in [6, 6.07) is 13.5. The van der Waals surface area contributed by atoms with Gasteiger partial charge in [-0.1, -0.05) is 30.3 Å². The molecule has 1 aromatic heterocycles. The van der Waals surface area contributed by atoms with Gasteiger partial charge in [0.05, 0.1) is 6.61 Å². The van der Waals surface area contributed by atoms with Crippen LogP contribution in [0, 0.1) is 0 Å². The topological polar surface area (TPSA) is 79.7 Å². The number of carboxylic acid groups (broad SMARTS) is 1. The molecule has 6 heteroatoms. The van der Waals surface area contributed by atoms with E-state index in [1.807, 2.05) is 25.1 Å². The number of carbonyl (C=O) groups is 2. The average Bonchev–Trinajstić information content (AvgIpc) is 2.70. The predicted octanol–water partition coefficient (Wildman–Crippen LogP) is 3.81. The third kappa shape index (κ3) is 7.39. The molecule has 0 saturated heterocycles. The first-order valence-electron chi connectivity index (χ1n) is 9.74. The normalized spacial score (nSPS) is 10.5. The Morgan fingerprint density at radius 3 is 2.54 bits per heavy atom. The van der Waals surface area contributed by atoms with Gasteiger partial charge in [-0.25, -0.2) is 4.98 Å². The highest BCUT2D eigenvalue weighted by molar-refractivity contribution is 5.94. The average molecular weight is 384 g/mol. The molecule has 28 heavy (non-hydrogen) atoms. The van der Waals surface area contributed by atoms with Gasteiger partial charge in [-0.3, -0.25) is 9.59 Å². The van der Waals surface area contributed by atoms with E-state index in [4.69, 9.17) is 9.84 Å². The minimum atomic E-state index is -0.808. The molecular formula is C22H28N2O4. The standard InChI is InChI=1S/C22H28N2O4/c1-2-28-20-17-19(13-14-23-20)22(27)24(15-7-6-12-21(25)26)16-8-11-18-9-4-3-5-10-18/h3-5,9-10,13-14,17H,2,6-8,11-12,15-16H2,1H3,(H,25,26). The molecule has 0 atom stereocenters. The quantitative estimate of drug-likeness (QED) is 0.563. The van der Waals surface area contributed by atoms with Crippen molar-refractivity contribution in [1.82, 2.24) is 9.88 Å². The van der Waals surface area contributed by atoms with E-state index in [1.54, 1.807) is 23.2 Å². The lowest BCUT2D eigenvalue weighted by molar-refractivity contribution is -0.137. The van der Waals surface area contributed by atoms with Gasteiger partial charge in [0.25, 0.3) is 5.91 Å². The number of carbonyl (C=O) groups excluding carboxylic acids is 1. The molecule has 0 aliphatic carbocycles. The molecule has 0 fully saturated rings. The van der Waals surface area contributed by atoms with Crippen molar-refractivity contribution in [3.05, 3.63) is 59.8 Å². The summed E-state index contributed by atoms with van der Waals surface area (Å²) < 4.78 is 5.39. The Balaban J connectivity index is 1.99. The number of hydrogen-bond acceptors (Lipinski definition) is 4. The monoisotopic (exact) mass is 384 g/mol. The highest BCUT2D eigenvalue weighted by atomic mass is 16.5. The fraction of sp³-hybridized carbons (Fsp3) is 0.409. The molecule has 1 amide bonds. The highest BCUT2D eigenvalue weighted by Gasteiger charge is 2.16. The van der Waals surface area contributed by atoms with Crippen molar-refractivity contribution < 1.29 is 19.4 Å². The first-order valence-corrected chi connectivity index (χ1v) is 9.74. The zero-order valence-corrected chi connectivity index (χ0v) is 16.3. The maximum absolute atomic E-state index is 13.0. The van der Waals surface area contributed by atoms with E-state index in [2.05, 4.69) is 17.1 Å². The number of rotatable bonds is 12. The van der Waals surface area contributed by atoms with Crippen LogP contribution in [0.3, 0.4) is 0 Å². The number of amides is 1. The molecule has 2 aromatic rings. The molecule has 1 heterocycles. The maximum Gasteiger partial charge on any atom is 0.303 e. The fourth-order valence-corrected chi connectivity index (χ4v) is 2.96. The Kier molecular flexibility index (Phi) is 8.98. The number of nitrogens with zero attached hydrogens (tertiary/aromatic N) is 2. The van der Waals surface area contributed by atoms with Gasteiger partial charge in [0, 0.05) is 37.3 Å². The number of unbranched alkanes of at least 4 members (excludes halogenated alkanes) is 1. The van der Waals surface area contributed by atoms with E-state index in [0.717, 1.165) is 12.8 Å². The van der Waals surface area contributed by atoms with Crippen LogP contribution < -0.4 is 4.74 Å². The lowest BCUT2D eigenvalue weighted by Gasteiger charge is -2.23. The molecule has 6 nitrogen and oxygen atoms in total. The van der Waals surface area contributed by atoms with Crippen molar-refractivity contribution >= 4 is 11.9 Å². The minimum absolute atomic E-state index is 0.0771. The number of ether oxygens (including phenoxy) is 1. The van der Waals surface area contributed by atoms with Gasteiger partial charge in [-0.05, 0) is 44.2 Å². The van der Waals surface area contributed by atoms with Crippen molar-refractivity contribution in [1.29, 1.82) is 0 Å². The molecule has 0 spiro atoms. The van der Waals surface area contributed by atoms with Crippen LogP contribution >= 0.6 is 0 Å². The lowest BCUT2D eigenvalue weighted by Crippen LogP contribution is -2.33. The predicted molar refractivity (Wildman–Crippen MR) is 108 cm³/mol. The van der Waals surface area contributed by atoms with Gasteiger partial charge >= 0.3 is 5.97 Å². The van der Waals surface area contributed by atoms with E-state index in [1.165, 1.54) is 5.56 Å². The molecule has 1 aromatic carbocycles. The Morgan fingerprint density at radius 1 is 1.07 bits per heavy atom. The van der Waals surface area contributed by atoms with Crippen molar-refractivity contribution in [2.24, 2.45) is 0 Å². The van der Waals surface area contributed by atoms with Gasteiger partial charge in [0.2, 0.25) is 5.88 Å². The summed E-state index contributed by atoms with van der Waals surface area (Å²) in [5, 5.41) is 8.81. The molecule has 0 aliphatic heterocycles. The molecule has 0 bridgehead atoms. The number of aryl methyl sites for hydroxylation is 1. The second-order valence-corrected chi connectivity index (χ2v) is 6.55. The van der Waals surface area contributed by atoms with Gasteiger partial charge in [-0.15, -0.1) is 0 Å². The van der Waals surface area contributed by atoms with Crippen LogP contribution in [0.5, 0.6) is 5.88 Å². The Hall–Kier alpha value is -2.89. The van der Waals surface area contributed by atoms with E-state index < -0.39 is 5.97 Å². The summed E-state index contributed by atoms with van der Waals surface area (Å²) in [4.78, 5) is 29.6. The number of aliphatic carboxylic acids is 1. The zero-order valence-electron chi connectivity index (χ0n) is 16.3. The smallest absolute Gasteiger partial charge is 0.303 e. The zero-order chi connectivity index (χ0) is 20.2. The van der Waals surface area contributed by atoms with Crippen molar-refractivity contribution in [2.45, 2.75) is 39.0 Å². The van der Waals surface area contributed by atoms with Crippen molar-refractivity contribution in [3.8, 4) is 5.88 Å².